The minimum absolute atomic E-state index is 0.0991. The van der Waals surface area contributed by atoms with Crippen LogP contribution in [0.25, 0.3) is 5.57 Å². The van der Waals surface area contributed by atoms with Crippen molar-refractivity contribution < 1.29 is 9.53 Å². The van der Waals surface area contributed by atoms with E-state index in [1.807, 2.05) is 24.3 Å². The van der Waals surface area contributed by atoms with Gasteiger partial charge in [-0.25, -0.2) is 4.79 Å². The SMILES string of the molecule is C=C=C(C(=O)OC)c1ccc(C(C)(C)C)cc1. The second-order valence-electron chi connectivity index (χ2n) is 4.87. The van der Waals surface area contributed by atoms with Crippen molar-refractivity contribution in [1.29, 1.82) is 0 Å². The molecule has 2 nitrogen and oxygen atoms in total. The van der Waals surface area contributed by atoms with Gasteiger partial charge in [-0.15, -0.1) is 5.73 Å². The predicted octanol–water partition coefficient (Wildman–Crippen LogP) is 3.33. The Bertz CT molecular complexity index is 455. The van der Waals surface area contributed by atoms with Crippen LogP contribution >= 0.6 is 0 Å². The Hall–Kier alpha value is -1.79. The Labute approximate surface area is 103 Å². The number of hydrogen-bond acceptors (Lipinski definition) is 2. The van der Waals surface area contributed by atoms with Crippen LogP contribution in [-0.2, 0) is 14.9 Å². The molecule has 1 rings (SSSR count). The molecule has 2 heteroatoms. The first-order chi connectivity index (χ1) is 7.90. The third-order valence-electron chi connectivity index (χ3n) is 2.61. The normalized spacial score (nSPS) is 10.6. The predicted molar refractivity (Wildman–Crippen MR) is 69.7 cm³/mol. The van der Waals surface area contributed by atoms with Crippen LogP contribution in [0.3, 0.4) is 0 Å². The van der Waals surface area contributed by atoms with Crippen LogP contribution in [0, 0.1) is 0 Å². The van der Waals surface area contributed by atoms with Crippen molar-refractivity contribution in [2.45, 2.75) is 26.2 Å². The zero-order chi connectivity index (χ0) is 13.1. The van der Waals surface area contributed by atoms with E-state index in [9.17, 15) is 4.79 Å². The first-order valence-corrected chi connectivity index (χ1v) is 5.49. The first-order valence-electron chi connectivity index (χ1n) is 5.49. The summed E-state index contributed by atoms with van der Waals surface area (Å²) in [4.78, 5) is 11.5. The highest BCUT2D eigenvalue weighted by Gasteiger charge is 2.15. The fourth-order valence-electron chi connectivity index (χ4n) is 1.53. The number of hydrogen-bond donors (Lipinski definition) is 0. The second kappa shape index (κ2) is 5.03. The molecule has 1 aromatic rings. The molecule has 0 aliphatic carbocycles. The summed E-state index contributed by atoms with van der Waals surface area (Å²) in [5, 5.41) is 0. The second-order valence-corrected chi connectivity index (χ2v) is 4.87. The number of carbonyl (C=O) groups is 1. The van der Waals surface area contributed by atoms with Crippen molar-refractivity contribution in [3.8, 4) is 0 Å². The molecular formula is C15H18O2. The fourth-order valence-corrected chi connectivity index (χ4v) is 1.53. The fraction of sp³-hybridized carbons (Fsp3) is 0.333. The van der Waals surface area contributed by atoms with Gasteiger partial charge in [0, 0.05) is 0 Å². The maximum atomic E-state index is 11.5. The van der Waals surface area contributed by atoms with Crippen LogP contribution in [0.1, 0.15) is 31.9 Å². The molecule has 0 heterocycles. The average molecular weight is 230 g/mol. The Kier molecular flexibility index (Phi) is 3.93. The molecule has 0 saturated carbocycles. The van der Waals surface area contributed by atoms with Crippen LogP contribution in [0.4, 0.5) is 0 Å². The molecule has 0 bridgehead atoms. The van der Waals surface area contributed by atoms with E-state index in [4.69, 9.17) is 0 Å². The first kappa shape index (κ1) is 13.3. The lowest BCUT2D eigenvalue weighted by molar-refractivity contribution is -0.133. The molecule has 0 aliphatic heterocycles. The van der Waals surface area contributed by atoms with E-state index in [0.29, 0.717) is 5.57 Å². The Morgan fingerprint density at radius 3 is 2.12 bits per heavy atom. The molecule has 0 radical (unpaired) electrons. The van der Waals surface area contributed by atoms with E-state index in [2.05, 4.69) is 37.8 Å². The molecule has 0 atom stereocenters. The van der Waals surface area contributed by atoms with Crippen molar-refractivity contribution in [3.63, 3.8) is 0 Å². The Morgan fingerprint density at radius 2 is 1.76 bits per heavy atom. The zero-order valence-corrected chi connectivity index (χ0v) is 10.8. The van der Waals surface area contributed by atoms with Gasteiger partial charge in [0.25, 0.3) is 0 Å². The van der Waals surface area contributed by atoms with Gasteiger partial charge in [-0.1, -0.05) is 51.6 Å². The topological polar surface area (TPSA) is 26.3 Å². The number of methoxy groups -OCH3 is 1. The number of ether oxygens (including phenoxy) is 1. The molecule has 0 N–H and O–H groups in total. The van der Waals surface area contributed by atoms with Crippen LogP contribution in [0.5, 0.6) is 0 Å². The van der Waals surface area contributed by atoms with E-state index < -0.39 is 5.97 Å². The summed E-state index contributed by atoms with van der Waals surface area (Å²) in [6, 6.07) is 7.81. The Balaban J connectivity index is 3.11. The quantitative estimate of drug-likeness (QED) is 0.442. The van der Waals surface area contributed by atoms with E-state index >= 15 is 0 Å². The molecule has 0 amide bonds. The third kappa shape index (κ3) is 3.08. The molecular weight excluding hydrogens is 212 g/mol. The van der Waals surface area contributed by atoms with E-state index in [1.165, 1.54) is 12.7 Å². The van der Waals surface area contributed by atoms with Crippen molar-refractivity contribution in [2.24, 2.45) is 0 Å². The summed E-state index contributed by atoms with van der Waals surface area (Å²) in [5.74, 6) is -0.413. The van der Waals surface area contributed by atoms with Gasteiger partial charge in [-0.05, 0) is 16.5 Å². The maximum absolute atomic E-state index is 11.5. The van der Waals surface area contributed by atoms with Gasteiger partial charge in [0.15, 0.2) is 0 Å². The summed E-state index contributed by atoms with van der Waals surface area (Å²) in [6.45, 7) is 9.95. The van der Waals surface area contributed by atoms with Crippen molar-refractivity contribution in [3.05, 3.63) is 47.7 Å². The number of carbonyl (C=O) groups excluding carboxylic acids is 1. The summed E-state index contributed by atoms with van der Waals surface area (Å²) in [5.41, 5.74) is 5.08. The smallest absolute Gasteiger partial charge is 0.346 e. The highest BCUT2D eigenvalue weighted by atomic mass is 16.5. The number of benzene rings is 1. The zero-order valence-electron chi connectivity index (χ0n) is 10.8. The van der Waals surface area contributed by atoms with E-state index in [0.717, 1.165) is 5.56 Å². The molecule has 0 fully saturated rings. The lowest BCUT2D eigenvalue weighted by Gasteiger charge is -2.19. The Morgan fingerprint density at radius 1 is 1.24 bits per heavy atom. The van der Waals surface area contributed by atoms with Crippen LogP contribution in [-0.4, -0.2) is 13.1 Å². The summed E-state index contributed by atoms with van der Waals surface area (Å²) in [6.07, 6.45) is 0. The standard InChI is InChI=1S/C15H18O2/c1-6-13(14(16)17-5)11-7-9-12(10-8-11)15(2,3)4/h7-10H,1H2,2-5H3. The lowest BCUT2D eigenvalue weighted by Crippen LogP contribution is -2.11. The minimum atomic E-state index is -0.413. The molecule has 1 aromatic carbocycles. The van der Waals surface area contributed by atoms with Gasteiger partial charge in [0.2, 0.25) is 0 Å². The van der Waals surface area contributed by atoms with Crippen LogP contribution in [0.2, 0.25) is 0 Å². The van der Waals surface area contributed by atoms with Gasteiger partial charge in [0.05, 0.1) is 7.11 Å². The molecule has 17 heavy (non-hydrogen) atoms. The van der Waals surface area contributed by atoms with Crippen LogP contribution in [0.15, 0.2) is 36.6 Å². The molecule has 0 unspecified atom stereocenters. The molecule has 0 saturated heterocycles. The van der Waals surface area contributed by atoms with Crippen molar-refractivity contribution in [2.75, 3.05) is 7.11 Å². The van der Waals surface area contributed by atoms with E-state index in [1.54, 1.807) is 0 Å². The lowest BCUT2D eigenvalue weighted by atomic mass is 9.86. The molecule has 0 aromatic heterocycles. The summed E-state index contributed by atoms with van der Waals surface area (Å²) >= 11 is 0. The van der Waals surface area contributed by atoms with Gasteiger partial charge in [0.1, 0.15) is 5.57 Å². The third-order valence-corrected chi connectivity index (χ3v) is 2.61. The summed E-state index contributed by atoms with van der Waals surface area (Å²) < 4.78 is 4.68. The van der Waals surface area contributed by atoms with E-state index in [-0.39, 0.29) is 5.41 Å². The molecule has 0 aliphatic rings. The molecule has 0 spiro atoms. The minimum Gasteiger partial charge on any atom is -0.465 e. The van der Waals surface area contributed by atoms with Gasteiger partial charge in [-0.3, -0.25) is 0 Å². The van der Waals surface area contributed by atoms with Gasteiger partial charge < -0.3 is 4.74 Å². The van der Waals surface area contributed by atoms with Gasteiger partial charge >= 0.3 is 5.97 Å². The highest BCUT2D eigenvalue weighted by molar-refractivity contribution is 6.16. The van der Waals surface area contributed by atoms with Crippen molar-refractivity contribution >= 4 is 11.5 Å². The highest BCUT2D eigenvalue weighted by Crippen LogP contribution is 2.24. The number of esters is 1. The maximum Gasteiger partial charge on any atom is 0.346 e. The summed E-state index contributed by atoms with van der Waals surface area (Å²) in [7, 11) is 1.35. The number of rotatable bonds is 2. The largest absolute Gasteiger partial charge is 0.465 e. The molecule has 90 valence electrons. The van der Waals surface area contributed by atoms with Gasteiger partial charge in [-0.2, -0.15) is 0 Å². The van der Waals surface area contributed by atoms with Crippen LogP contribution < -0.4 is 0 Å². The average Bonchev–Trinajstić information content (AvgIpc) is 2.29. The van der Waals surface area contributed by atoms with Crippen molar-refractivity contribution in [1.82, 2.24) is 0 Å². The monoisotopic (exact) mass is 230 g/mol.